The third kappa shape index (κ3) is 2.34. The quantitative estimate of drug-likeness (QED) is 0.754. The van der Waals surface area contributed by atoms with Gasteiger partial charge < -0.3 is 9.47 Å². The molecule has 3 heteroatoms. The summed E-state index contributed by atoms with van der Waals surface area (Å²) in [5.74, 6) is 0.821. The molecule has 92 valence electrons. The summed E-state index contributed by atoms with van der Waals surface area (Å²) in [6.07, 6.45) is 0.815. The van der Waals surface area contributed by atoms with Crippen LogP contribution in [0.25, 0.3) is 0 Å². The second-order valence-electron chi connectivity index (χ2n) is 4.58. The summed E-state index contributed by atoms with van der Waals surface area (Å²) in [6.45, 7) is 5.18. The number of hydrogen-bond acceptors (Lipinski definition) is 3. The Kier molecular flexibility index (Phi) is 3.48. The van der Waals surface area contributed by atoms with Crippen molar-refractivity contribution in [3.63, 3.8) is 0 Å². The highest BCUT2D eigenvalue weighted by atomic mass is 16.5. The van der Waals surface area contributed by atoms with E-state index < -0.39 is 0 Å². The second-order valence-corrected chi connectivity index (χ2v) is 4.58. The van der Waals surface area contributed by atoms with Crippen LogP contribution in [0.1, 0.15) is 27.9 Å². The zero-order valence-corrected chi connectivity index (χ0v) is 10.6. The molecule has 0 aromatic heterocycles. The van der Waals surface area contributed by atoms with Gasteiger partial charge in [-0.1, -0.05) is 6.07 Å². The highest BCUT2D eigenvalue weighted by Gasteiger charge is 2.28. The van der Waals surface area contributed by atoms with Crippen LogP contribution in [0.3, 0.4) is 0 Å². The first-order chi connectivity index (χ1) is 8.13. The highest BCUT2D eigenvalue weighted by Crippen LogP contribution is 2.29. The van der Waals surface area contributed by atoms with Gasteiger partial charge in [0.05, 0.1) is 19.3 Å². The molecule has 1 unspecified atom stereocenters. The molecule has 2 rings (SSSR count). The first kappa shape index (κ1) is 12.1. The molecule has 0 aliphatic carbocycles. The van der Waals surface area contributed by atoms with E-state index in [1.54, 1.807) is 7.11 Å². The molecular formula is C14H18O3. The number of ketones is 1. The van der Waals surface area contributed by atoms with E-state index >= 15 is 0 Å². The van der Waals surface area contributed by atoms with Gasteiger partial charge in [-0.2, -0.15) is 0 Å². The predicted molar refractivity (Wildman–Crippen MR) is 65.7 cm³/mol. The zero-order valence-electron chi connectivity index (χ0n) is 10.6. The Morgan fingerprint density at radius 1 is 1.41 bits per heavy atom. The number of ether oxygens (including phenoxy) is 2. The van der Waals surface area contributed by atoms with Gasteiger partial charge in [0.2, 0.25) is 0 Å². The summed E-state index contributed by atoms with van der Waals surface area (Å²) in [7, 11) is 1.61. The van der Waals surface area contributed by atoms with Crippen LogP contribution in [0.2, 0.25) is 0 Å². The molecule has 0 spiro atoms. The number of Topliss-reactive ketones (excluding diaryl/α,β-unsaturated/α-hetero) is 1. The number of rotatable bonds is 3. The Bertz CT molecular complexity index is 431. The third-order valence-electron chi connectivity index (χ3n) is 3.21. The Labute approximate surface area is 102 Å². The molecule has 1 aromatic rings. The molecule has 0 amide bonds. The van der Waals surface area contributed by atoms with Gasteiger partial charge in [-0.15, -0.1) is 0 Å². The first-order valence-corrected chi connectivity index (χ1v) is 5.90. The fraction of sp³-hybridized carbons (Fsp3) is 0.500. The average molecular weight is 234 g/mol. The lowest BCUT2D eigenvalue weighted by molar-refractivity contribution is 0.0896. The largest absolute Gasteiger partial charge is 0.496 e. The molecule has 1 atom stereocenters. The molecule has 0 bridgehead atoms. The number of benzene rings is 1. The third-order valence-corrected chi connectivity index (χ3v) is 3.21. The fourth-order valence-electron chi connectivity index (χ4n) is 2.35. The molecule has 3 nitrogen and oxygen atoms in total. The van der Waals surface area contributed by atoms with Crippen molar-refractivity contribution in [3.05, 3.63) is 28.8 Å². The summed E-state index contributed by atoms with van der Waals surface area (Å²) in [5, 5.41) is 0. The number of methoxy groups -OCH3 is 1. The average Bonchev–Trinajstić information content (AvgIpc) is 2.80. The van der Waals surface area contributed by atoms with Crippen LogP contribution < -0.4 is 4.74 Å². The summed E-state index contributed by atoms with van der Waals surface area (Å²) in [5.41, 5.74) is 2.81. The lowest BCUT2D eigenvalue weighted by Gasteiger charge is -2.14. The Hall–Kier alpha value is -1.35. The fourth-order valence-corrected chi connectivity index (χ4v) is 2.35. The number of carbonyl (C=O) groups is 1. The van der Waals surface area contributed by atoms with E-state index in [4.69, 9.17) is 9.47 Å². The summed E-state index contributed by atoms with van der Waals surface area (Å²) in [6, 6.07) is 3.93. The van der Waals surface area contributed by atoms with Crippen LogP contribution in [0.15, 0.2) is 12.1 Å². The van der Waals surface area contributed by atoms with Crippen LogP contribution in [0, 0.1) is 19.8 Å². The summed E-state index contributed by atoms with van der Waals surface area (Å²) < 4.78 is 10.6. The molecule has 0 saturated carbocycles. The SMILES string of the molecule is COc1cc(C)cc(C)c1C(=O)C1CCOC1. The van der Waals surface area contributed by atoms with E-state index in [0.717, 1.165) is 17.5 Å². The molecule has 0 radical (unpaired) electrons. The molecular weight excluding hydrogens is 216 g/mol. The maximum Gasteiger partial charge on any atom is 0.172 e. The van der Waals surface area contributed by atoms with Crippen LogP contribution in [-0.2, 0) is 4.74 Å². The lowest BCUT2D eigenvalue weighted by atomic mass is 9.92. The predicted octanol–water partition coefficient (Wildman–Crippen LogP) is 2.53. The van der Waals surface area contributed by atoms with Crippen LogP contribution in [-0.4, -0.2) is 26.1 Å². The van der Waals surface area contributed by atoms with E-state index in [2.05, 4.69) is 0 Å². The van der Waals surface area contributed by atoms with Crippen molar-refractivity contribution in [2.75, 3.05) is 20.3 Å². The number of carbonyl (C=O) groups excluding carboxylic acids is 1. The monoisotopic (exact) mass is 234 g/mol. The van der Waals surface area contributed by atoms with Gasteiger partial charge in [-0.3, -0.25) is 4.79 Å². The maximum absolute atomic E-state index is 12.4. The van der Waals surface area contributed by atoms with Crippen molar-refractivity contribution >= 4 is 5.78 Å². The molecule has 1 saturated heterocycles. The smallest absolute Gasteiger partial charge is 0.172 e. The lowest BCUT2D eigenvalue weighted by Crippen LogP contribution is -2.17. The van der Waals surface area contributed by atoms with Gasteiger partial charge in [-0.25, -0.2) is 0 Å². The second kappa shape index (κ2) is 4.88. The van der Waals surface area contributed by atoms with Crippen molar-refractivity contribution < 1.29 is 14.3 Å². The topological polar surface area (TPSA) is 35.5 Å². The first-order valence-electron chi connectivity index (χ1n) is 5.90. The normalized spacial score (nSPS) is 19.4. The molecule has 0 N–H and O–H groups in total. The molecule has 1 aliphatic heterocycles. The van der Waals surface area contributed by atoms with Gasteiger partial charge in [0.25, 0.3) is 0 Å². The molecule has 1 heterocycles. The van der Waals surface area contributed by atoms with Gasteiger partial charge in [-0.05, 0) is 37.5 Å². The van der Waals surface area contributed by atoms with E-state index in [9.17, 15) is 4.79 Å². The Morgan fingerprint density at radius 3 is 2.76 bits per heavy atom. The van der Waals surface area contributed by atoms with E-state index in [1.807, 2.05) is 26.0 Å². The van der Waals surface area contributed by atoms with Crippen LogP contribution >= 0.6 is 0 Å². The summed E-state index contributed by atoms with van der Waals surface area (Å²) >= 11 is 0. The van der Waals surface area contributed by atoms with Crippen molar-refractivity contribution in [1.82, 2.24) is 0 Å². The van der Waals surface area contributed by atoms with Crippen LogP contribution in [0.5, 0.6) is 5.75 Å². The van der Waals surface area contributed by atoms with Crippen molar-refractivity contribution in [1.29, 1.82) is 0 Å². The minimum Gasteiger partial charge on any atom is -0.496 e. The van der Waals surface area contributed by atoms with Crippen LogP contribution in [0.4, 0.5) is 0 Å². The van der Waals surface area contributed by atoms with Gasteiger partial charge in [0, 0.05) is 12.5 Å². The van der Waals surface area contributed by atoms with Gasteiger partial charge in [0.15, 0.2) is 5.78 Å². The van der Waals surface area contributed by atoms with E-state index in [1.165, 1.54) is 0 Å². The van der Waals surface area contributed by atoms with Crippen molar-refractivity contribution in [2.45, 2.75) is 20.3 Å². The highest BCUT2D eigenvalue weighted by molar-refractivity contribution is 6.02. The van der Waals surface area contributed by atoms with E-state index in [-0.39, 0.29) is 11.7 Å². The molecule has 1 aromatic carbocycles. The van der Waals surface area contributed by atoms with E-state index in [0.29, 0.717) is 24.5 Å². The Morgan fingerprint density at radius 2 is 2.18 bits per heavy atom. The van der Waals surface area contributed by atoms with Gasteiger partial charge in [0.1, 0.15) is 5.75 Å². The van der Waals surface area contributed by atoms with Gasteiger partial charge >= 0.3 is 0 Å². The Balaban J connectivity index is 2.39. The minimum atomic E-state index is -0.00898. The van der Waals surface area contributed by atoms with Crippen molar-refractivity contribution in [3.8, 4) is 5.75 Å². The maximum atomic E-state index is 12.4. The zero-order chi connectivity index (χ0) is 12.4. The number of aryl methyl sites for hydroxylation is 2. The molecule has 1 aliphatic rings. The standard InChI is InChI=1S/C14H18O3/c1-9-6-10(2)13(12(7-9)16-3)14(15)11-4-5-17-8-11/h6-7,11H,4-5,8H2,1-3H3. The minimum absolute atomic E-state index is 0.00898. The summed E-state index contributed by atoms with van der Waals surface area (Å²) in [4.78, 5) is 12.4. The van der Waals surface area contributed by atoms with Crippen molar-refractivity contribution in [2.24, 2.45) is 5.92 Å². The number of hydrogen-bond donors (Lipinski definition) is 0. The molecule has 1 fully saturated rings. The molecule has 17 heavy (non-hydrogen) atoms.